The van der Waals surface area contributed by atoms with Crippen LogP contribution in [0.4, 0.5) is 5.69 Å². The van der Waals surface area contributed by atoms with Gasteiger partial charge in [0.1, 0.15) is 6.04 Å². The molecule has 2 rings (SSSR count). The summed E-state index contributed by atoms with van der Waals surface area (Å²) in [6, 6.07) is 17.6. The zero-order chi connectivity index (χ0) is 19.6. The van der Waals surface area contributed by atoms with Crippen LogP contribution in [0.25, 0.3) is 11.1 Å². The smallest absolute Gasteiger partial charge is 0.328 e. The molecule has 144 valence electrons. The van der Waals surface area contributed by atoms with Crippen LogP contribution in [0, 0.1) is 0 Å². The summed E-state index contributed by atoms with van der Waals surface area (Å²) in [6.45, 7) is 3.69. The number of anilines is 1. The van der Waals surface area contributed by atoms with E-state index in [1.165, 1.54) is 0 Å². The molecule has 0 spiro atoms. The number of carbonyl (C=O) groups excluding carboxylic acids is 1. The number of nitrogens with one attached hydrogen (secondary N) is 2. The van der Waals surface area contributed by atoms with E-state index in [4.69, 9.17) is 17.0 Å². The summed E-state index contributed by atoms with van der Waals surface area (Å²) in [5.41, 5.74) is 3.04. The van der Waals surface area contributed by atoms with Crippen molar-refractivity contribution in [2.45, 2.75) is 32.4 Å². The Hall–Kier alpha value is -2.05. The van der Waals surface area contributed by atoms with Crippen LogP contribution in [-0.2, 0) is 9.53 Å². The summed E-state index contributed by atoms with van der Waals surface area (Å²) in [6.07, 6.45) is 2.50. The van der Waals surface area contributed by atoms with Crippen LogP contribution < -0.4 is 10.6 Å². The van der Waals surface area contributed by atoms with Crippen molar-refractivity contribution < 1.29 is 9.53 Å². The first-order chi connectivity index (χ1) is 13.0. The molecule has 0 amide bonds. The van der Waals surface area contributed by atoms with E-state index >= 15 is 0 Å². The van der Waals surface area contributed by atoms with E-state index in [0.717, 1.165) is 22.6 Å². The molecule has 27 heavy (non-hydrogen) atoms. The van der Waals surface area contributed by atoms with Crippen LogP contribution in [0.3, 0.4) is 0 Å². The zero-order valence-corrected chi connectivity index (χ0v) is 17.5. The molecule has 1 unspecified atom stereocenters. The lowest BCUT2D eigenvalue weighted by molar-refractivity contribution is -0.149. The van der Waals surface area contributed by atoms with Gasteiger partial charge in [0.05, 0.1) is 6.10 Å². The minimum Gasteiger partial charge on any atom is -0.461 e. The van der Waals surface area contributed by atoms with Crippen molar-refractivity contribution in [3.05, 3.63) is 54.6 Å². The SMILES string of the molecule is CSCCC(NC(=S)Nc1ccccc1-c1ccccc1)C(=O)OC(C)C. The van der Waals surface area contributed by atoms with Gasteiger partial charge in [-0.1, -0.05) is 48.5 Å². The highest BCUT2D eigenvalue weighted by atomic mass is 32.2. The van der Waals surface area contributed by atoms with Gasteiger partial charge >= 0.3 is 5.97 Å². The van der Waals surface area contributed by atoms with Gasteiger partial charge in [0.2, 0.25) is 0 Å². The molecule has 6 heteroatoms. The molecule has 0 heterocycles. The van der Waals surface area contributed by atoms with Crippen LogP contribution in [0.15, 0.2) is 54.6 Å². The van der Waals surface area contributed by atoms with Gasteiger partial charge < -0.3 is 15.4 Å². The number of para-hydroxylation sites is 1. The van der Waals surface area contributed by atoms with Gasteiger partial charge in [0.15, 0.2) is 5.11 Å². The fourth-order valence-electron chi connectivity index (χ4n) is 2.58. The number of rotatable bonds is 8. The van der Waals surface area contributed by atoms with Gasteiger partial charge in [0.25, 0.3) is 0 Å². The molecule has 0 radical (unpaired) electrons. The van der Waals surface area contributed by atoms with Crippen LogP contribution in [0.2, 0.25) is 0 Å². The molecule has 0 aliphatic rings. The summed E-state index contributed by atoms with van der Waals surface area (Å²) in [4.78, 5) is 12.4. The largest absolute Gasteiger partial charge is 0.461 e. The Morgan fingerprint density at radius 2 is 1.78 bits per heavy atom. The molecule has 0 saturated carbocycles. The number of benzene rings is 2. The predicted molar refractivity (Wildman–Crippen MR) is 119 cm³/mol. The van der Waals surface area contributed by atoms with Crippen molar-refractivity contribution in [3.63, 3.8) is 0 Å². The quantitative estimate of drug-likeness (QED) is 0.492. The maximum atomic E-state index is 12.4. The lowest BCUT2D eigenvalue weighted by atomic mass is 10.0. The number of hydrogen-bond donors (Lipinski definition) is 2. The summed E-state index contributed by atoms with van der Waals surface area (Å²) in [7, 11) is 0. The highest BCUT2D eigenvalue weighted by Gasteiger charge is 2.22. The average molecular weight is 403 g/mol. The Kier molecular flexibility index (Phi) is 8.61. The van der Waals surface area contributed by atoms with Crippen molar-refractivity contribution in [2.75, 3.05) is 17.3 Å². The molecule has 1 atom stereocenters. The van der Waals surface area contributed by atoms with Crippen LogP contribution in [0.1, 0.15) is 20.3 Å². The highest BCUT2D eigenvalue weighted by Crippen LogP contribution is 2.27. The van der Waals surface area contributed by atoms with E-state index in [-0.39, 0.29) is 12.1 Å². The lowest BCUT2D eigenvalue weighted by Gasteiger charge is -2.21. The molecule has 2 aromatic carbocycles. The maximum Gasteiger partial charge on any atom is 0.328 e. The monoisotopic (exact) mass is 402 g/mol. The Morgan fingerprint density at radius 1 is 1.11 bits per heavy atom. The Balaban J connectivity index is 2.10. The van der Waals surface area contributed by atoms with Gasteiger partial charge in [0, 0.05) is 11.3 Å². The third kappa shape index (κ3) is 6.88. The number of carbonyl (C=O) groups is 1. The van der Waals surface area contributed by atoms with Crippen molar-refractivity contribution >= 4 is 40.7 Å². The lowest BCUT2D eigenvalue weighted by Crippen LogP contribution is -2.44. The van der Waals surface area contributed by atoms with Crippen LogP contribution >= 0.6 is 24.0 Å². The molecule has 0 aliphatic carbocycles. The molecule has 0 fully saturated rings. The van der Waals surface area contributed by atoms with Gasteiger partial charge in [-0.25, -0.2) is 4.79 Å². The number of thiocarbonyl (C=S) groups is 1. The molecular formula is C21H26N2O2S2. The summed E-state index contributed by atoms with van der Waals surface area (Å²) in [5.74, 6) is 0.563. The first-order valence-electron chi connectivity index (χ1n) is 8.92. The van der Waals surface area contributed by atoms with Crippen molar-refractivity contribution in [3.8, 4) is 11.1 Å². The summed E-state index contributed by atoms with van der Waals surface area (Å²) in [5, 5.41) is 6.75. The topological polar surface area (TPSA) is 50.4 Å². The van der Waals surface area contributed by atoms with E-state index in [9.17, 15) is 4.79 Å². The summed E-state index contributed by atoms with van der Waals surface area (Å²) >= 11 is 7.15. The van der Waals surface area contributed by atoms with Gasteiger partial charge in [-0.2, -0.15) is 11.8 Å². The average Bonchev–Trinajstić information content (AvgIpc) is 2.65. The normalized spacial score (nSPS) is 11.7. The van der Waals surface area contributed by atoms with Crippen molar-refractivity contribution in [2.24, 2.45) is 0 Å². The van der Waals surface area contributed by atoms with Gasteiger partial charge in [-0.3, -0.25) is 0 Å². The third-order valence-electron chi connectivity index (χ3n) is 3.81. The van der Waals surface area contributed by atoms with E-state index in [0.29, 0.717) is 11.5 Å². The maximum absolute atomic E-state index is 12.4. The minimum absolute atomic E-state index is 0.156. The number of ether oxygens (including phenoxy) is 1. The number of hydrogen-bond acceptors (Lipinski definition) is 4. The van der Waals surface area contributed by atoms with E-state index in [1.807, 2.05) is 62.6 Å². The predicted octanol–water partition coefficient (Wildman–Crippen LogP) is 4.71. The summed E-state index contributed by atoms with van der Waals surface area (Å²) < 4.78 is 5.36. The van der Waals surface area contributed by atoms with E-state index < -0.39 is 6.04 Å². The Morgan fingerprint density at radius 3 is 2.44 bits per heavy atom. The number of thioether (sulfide) groups is 1. The fraction of sp³-hybridized carbons (Fsp3) is 0.333. The van der Waals surface area contributed by atoms with E-state index in [2.05, 4.69) is 22.8 Å². The molecule has 4 nitrogen and oxygen atoms in total. The molecular weight excluding hydrogens is 376 g/mol. The Labute approximate surface area is 171 Å². The zero-order valence-electron chi connectivity index (χ0n) is 15.9. The second-order valence-corrected chi connectivity index (χ2v) is 7.72. The van der Waals surface area contributed by atoms with Gasteiger partial charge in [-0.15, -0.1) is 0 Å². The first kappa shape index (κ1) is 21.3. The molecule has 2 aromatic rings. The van der Waals surface area contributed by atoms with Crippen LogP contribution in [0.5, 0.6) is 0 Å². The van der Waals surface area contributed by atoms with Gasteiger partial charge in [-0.05, 0) is 56.1 Å². The highest BCUT2D eigenvalue weighted by molar-refractivity contribution is 7.98. The molecule has 0 aromatic heterocycles. The fourth-order valence-corrected chi connectivity index (χ4v) is 3.30. The minimum atomic E-state index is -0.469. The second-order valence-electron chi connectivity index (χ2n) is 6.33. The Bertz CT molecular complexity index is 751. The molecule has 0 bridgehead atoms. The van der Waals surface area contributed by atoms with Crippen molar-refractivity contribution in [1.29, 1.82) is 0 Å². The standard InChI is InChI=1S/C21H26N2O2S2/c1-15(2)25-20(24)19(13-14-27-3)23-21(26)22-18-12-8-7-11-17(18)16-9-5-4-6-10-16/h4-12,15,19H,13-14H2,1-3H3,(H2,22,23,26). The van der Waals surface area contributed by atoms with Crippen LogP contribution in [-0.4, -0.2) is 35.2 Å². The van der Waals surface area contributed by atoms with Crippen molar-refractivity contribution in [1.82, 2.24) is 5.32 Å². The third-order valence-corrected chi connectivity index (χ3v) is 4.68. The van der Waals surface area contributed by atoms with E-state index in [1.54, 1.807) is 11.8 Å². The molecule has 0 aliphatic heterocycles. The number of esters is 1. The first-order valence-corrected chi connectivity index (χ1v) is 10.7. The molecule has 0 saturated heterocycles. The second kappa shape index (κ2) is 10.9. The molecule has 2 N–H and O–H groups in total.